The van der Waals surface area contributed by atoms with E-state index in [0.29, 0.717) is 0 Å². The molecule has 0 radical (unpaired) electrons. The molecular weight excluding hydrogens is 554 g/mol. The van der Waals surface area contributed by atoms with Crippen LogP contribution in [0.5, 0.6) is 0 Å². The van der Waals surface area contributed by atoms with Gasteiger partial charge in [-0.3, -0.25) is 4.79 Å². The molecule has 0 saturated heterocycles. The molecule has 0 aliphatic rings. The molecule has 3 heterocycles. The van der Waals surface area contributed by atoms with E-state index in [-0.39, 0.29) is 5.78 Å². The van der Waals surface area contributed by atoms with Crippen LogP contribution in [0.1, 0.15) is 22.2 Å². The predicted octanol–water partition coefficient (Wildman–Crippen LogP) is 7.16. The number of thiophene rings is 2. The van der Waals surface area contributed by atoms with Crippen LogP contribution >= 0.6 is 66.3 Å². The maximum atomic E-state index is 11.8. The summed E-state index contributed by atoms with van der Waals surface area (Å²) in [4.78, 5) is 24.4. The van der Waals surface area contributed by atoms with Crippen LogP contribution in [0.3, 0.4) is 0 Å². The smallest absolute Gasteiger partial charge is 0.200 e. The molecule has 0 aliphatic carbocycles. The standard InChI is InChI=1S/C10H9BrN2S2.C10H12BrNOS/c1-6-5-12-10(14-2)13-9(6)7-3-4-8(11)15-7;1-7(6-12(2)3)10(13)8-4-5-9(11)14-8/h3-5H,1-2H3;4-6H,1-3H3/b;7-6+. The van der Waals surface area contributed by atoms with Crippen LogP contribution in [0.25, 0.3) is 10.6 Å². The predicted molar refractivity (Wildman–Crippen MR) is 133 cm³/mol. The molecule has 0 unspecified atom stereocenters. The fourth-order valence-corrected chi connectivity index (χ4v) is 5.46. The van der Waals surface area contributed by atoms with E-state index in [0.717, 1.165) is 34.4 Å². The molecular formula is C20H21Br2N3OS3. The molecule has 9 heteroatoms. The van der Waals surface area contributed by atoms with Crippen LogP contribution in [0.15, 0.2) is 55.0 Å². The third-order valence-electron chi connectivity index (χ3n) is 3.55. The lowest BCUT2D eigenvalue weighted by Gasteiger charge is -2.06. The van der Waals surface area contributed by atoms with Crippen LogP contribution < -0.4 is 0 Å². The van der Waals surface area contributed by atoms with Crippen LogP contribution in [0, 0.1) is 6.92 Å². The number of hydrogen-bond donors (Lipinski definition) is 0. The molecule has 0 aliphatic heterocycles. The van der Waals surface area contributed by atoms with Crippen molar-refractivity contribution < 1.29 is 4.79 Å². The molecule has 0 aromatic carbocycles. The number of aromatic nitrogens is 2. The zero-order valence-corrected chi connectivity index (χ0v) is 22.3. The van der Waals surface area contributed by atoms with Crippen molar-refractivity contribution in [3.05, 3.63) is 60.2 Å². The SMILES string of the molecule is C/C(=C\N(C)C)C(=O)c1ccc(Br)s1.CSc1ncc(C)c(-c2ccc(Br)s2)n1. The Morgan fingerprint density at radius 2 is 1.79 bits per heavy atom. The van der Waals surface area contributed by atoms with Gasteiger partial charge >= 0.3 is 0 Å². The lowest BCUT2D eigenvalue weighted by molar-refractivity contribution is 0.103. The average molecular weight is 575 g/mol. The summed E-state index contributed by atoms with van der Waals surface area (Å²) >= 11 is 11.5. The van der Waals surface area contributed by atoms with Gasteiger partial charge in [0.25, 0.3) is 0 Å². The third kappa shape index (κ3) is 7.32. The van der Waals surface area contributed by atoms with Crippen molar-refractivity contribution >= 4 is 72.1 Å². The fourth-order valence-electron chi connectivity index (χ4n) is 2.29. The van der Waals surface area contributed by atoms with E-state index in [4.69, 9.17) is 0 Å². The number of allylic oxidation sites excluding steroid dienone is 1. The van der Waals surface area contributed by atoms with Gasteiger partial charge in [-0.15, -0.1) is 22.7 Å². The van der Waals surface area contributed by atoms with Crippen LogP contribution in [-0.2, 0) is 0 Å². The molecule has 29 heavy (non-hydrogen) atoms. The molecule has 3 rings (SSSR count). The van der Waals surface area contributed by atoms with Crippen molar-refractivity contribution in [2.75, 3.05) is 20.4 Å². The number of nitrogens with zero attached hydrogens (tertiary/aromatic N) is 3. The fraction of sp³-hybridized carbons (Fsp3) is 0.250. The Hall–Kier alpha value is -1.00. The number of hydrogen-bond acceptors (Lipinski definition) is 7. The Morgan fingerprint density at radius 3 is 2.31 bits per heavy atom. The summed E-state index contributed by atoms with van der Waals surface area (Å²) in [5.41, 5.74) is 2.90. The molecule has 0 bridgehead atoms. The van der Waals surface area contributed by atoms with E-state index in [1.807, 2.05) is 69.7 Å². The summed E-state index contributed by atoms with van der Waals surface area (Å²) in [7, 11) is 3.81. The third-order valence-corrected chi connectivity index (χ3v) is 7.36. The first-order valence-electron chi connectivity index (χ1n) is 8.49. The first-order valence-corrected chi connectivity index (χ1v) is 12.9. The number of aryl methyl sites for hydroxylation is 1. The largest absolute Gasteiger partial charge is 0.383 e. The van der Waals surface area contributed by atoms with Crippen molar-refractivity contribution in [2.45, 2.75) is 19.0 Å². The van der Waals surface area contributed by atoms with E-state index in [1.54, 1.807) is 23.1 Å². The van der Waals surface area contributed by atoms with Gasteiger partial charge in [0.1, 0.15) is 0 Å². The monoisotopic (exact) mass is 573 g/mol. The van der Waals surface area contributed by atoms with Crippen molar-refractivity contribution in [1.82, 2.24) is 14.9 Å². The molecule has 3 aromatic heterocycles. The summed E-state index contributed by atoms with van der Waals surface area (Å²) in [5, 5.41) is 0.820. The topological polar surface area (TPSA) is 46.1 Å². The second-order valence-electron chi connectivity index (χ2n) is 6.20. The molecule has 154 valence electrons. The number of halogens is 2. The Bertz CT molecular complexity index is 1010. The molecule has 0 amide bonds. The first-order chi connectivity index (χ1) is 13.7. The summed E-state index contributed by atoms with van der Waals surface area (Å²) in [6, 6.07) is 7.85. The molecule has 0 spiro atoms. The summed E-state index contributed by atoms with van der Waals surface area (Å²) in [6.07, 6.45) is 5.69. The Kier molecular flexibility index (Phi) is 9.55. The van der Waals surface area contributed by atoms with Crippen LogP contribution in [0.4, 0.5) is 0 Å². The maximum absolute atomic E-state index is 11.8. The zero-order chi connectivity index (χ0) is 21.6. The Morgan fingerprint density at radius 1 is 1.14 bits per heavy atom. The van der Waals surface area contributed by atoms with Gasteiger partial charge in [-0.2, -0.15) is 0 Å². The normalized spacial score (nSPS) is 11.1. The number of carbonyl (C=O) groups is 1. The van der Waals surface area contributed by atoms with E-state index in [1.165, 1.54) is 16.2 Å². The number of carbonyl (C=O) groups excluding carboxylic acids is 1. The summed E-state index contributed by atoms with van der Waals surface area (Å²) < 4.78 is 2.11. The highest BCUT2D eigenvalue weighted by Crippen LogP contribution is 2.32. The van der Waals surface area contributed by atoms with E-state index >= 15 is 0 Å². The van der Waals surface area contributed by atoms with E-state index < -0.39 is 0 Å². The van der Waals surface area contributed by atoms with E-state index in [9.17, 15) is 4.79 Å². The molecule has 0 saturated carbocycles. The van der Waals surface area contributed by atoms with Gasteiger partial charge < -0.3 is 4.90 Å². The minimum absolute atomic E-state index is 0.0920. The second kappa shape index (κ2) is 11.4. The van der Waals surface area contributed by atoms with Gasteiger partial charge in [0.05, 0.1) is 23.0 Å². The minimum atomic E-state index is 0.0920. The van der Waals surface area contributed by atoms with Crippen molar-refractivity contribution in [1.29, 1.82) is 0 Å². The molecule has 4 nitrogen and oxygen atoms in total. The molecule has 0 fully saturated rings. The van der Waals surface area contributed by atoms with Crippen molar-refractivity contribution in [2.24, 2.45) is 0 Å². The average Bonchev–Trinajstić information content (AvgIpc) is 3.30. The van der Waals surface area contributed by atoms with Gasteiger partial charge in [-0.1, -0.05) is 11.8 Å². The van der Waals surface area contributed by atoms with Gasteiger partial charge in [0.15, 0.2) is 10.9 Å². The van der Waals surface area contributed by atoms with Crippen LogP contribution in [0.2, 0.25) is 0 Å². The quantitative estimate of drug-likeness (QED) is 0.140. The van der Waals surface area contributed by atoms with Crippen LogP contribution in [-0.4, -0.2) is 41.0 Å². The maximum Gasteiger partial charge on any atom is 0.200 e. The number of rotatable bonds is 5. The highest BCUT2D eigenvalue weighted by molar-refractivity contribution is 9.11. The lowest BCUT2D eigenvalue weighted by Crippen LogP contribution is -2.06. The Balaban J connectivity index is 0.000000208. The zero-order valence-electron chi connectivity index (χ0n) is 16.7. The van der Waals surface area contributed by atoms with Gasteiger partial charge in [0.2, 0.25) is 0 Å². The second-order valence-corrected chi connectivity index (χ2v) is 11.9. The number of Topliss-reactive ketones (excluding diaryl/α,β-unsaturated/α-hetero) is 1. The molecule has 0 N–H and O–H groups in total. The highest BCUT2D eigenvalue weighted by Gasteiger charge is 2.10. The summed E-state index contributed by atoms with van der Waals surface area (Å²) in [6.45, 7) is 3.86. The van der Waals surface area contributed by atoms with Gasteiger partial charge in [-0.05, 0) is 81.8 Å². The van der Waals surface area contributed by atoms with Crippen molar-refractivity contribution in [3.63, 3.8) is 0 Å². The lowest BCUT2D eigenvalue weighted by atomic mass is 10.2. The highest BCUT2D eigenvalue weighted by atomic mass is 79.9. The van der Waals surface area contributed by atoms with E-state index in [2.05, 4.69) is 47.9 Å². The summed E-state index contributed by atoms with van der Waals surface area (Å²) in [5.74, 6) is 0.0920. The Labute approximate surface area is 200 Å². The number of thioether (sulfide) groups is 1. The minimum Gasteiger partial charge on any atom is -0.383 e. The number of ketones is 1. The van der Waals surface area contributed by atoms with Gasteiger partial charge in [0, 0.05) is 32.1 Å². The first kappa shape index (κ1) is 24.3. The molecule has 0 atom stereocenters. The van der Waals surface area contributed by atoms with Gasteiger partial charge in [-0.25, -0.2) is 9.97 Å². The van der Waals surface area contributed by atoms with Crippen molar-refractivity contribution in [3.8, 4) is 10.6 Å². The molecule has 3 aromatic rings.